The number of benzene rings is 10. The van der Waals surface area contributed by atoms with Crippen LogP contribution in [0.1, 0.15) is 0 Å². The SMILES string of the molecule is c1cc(-c2ccc3sc4c(ccc5c6ccc7ccccc7c6sc54)c3c2)cc(-c2c3ccccc3c(-c3ccc4ccccc4c3)c3ccccc23)c1. The summed E-state index contributed by atoms with van der Waals surface area (Å²) in [6, 6.07) is 67.7. The lowest BCUT2D eigenvalue weighted by molar-refractivity contribution is 1.63. The molecule has 0 aliphatic rings. The summed E-state index contributed by atoms with van der Waals surface area (Å²) in [7, 11) is 0. The molecule has 12 aromatic rings. The fourth-order valence-corrected chi connectivity index (χ4v) is 11.6. The molecule has 0 aliphatic carbocycles. The first-order chi connectivity index (χ1) is 26.8. The van der Waals surface area contributed by atoms with Crippen molar-refractivity contribution in [3.05, 3.63) is 182 Å². The van der Waals surface area contributed by atoms with E-state index in [0.29, 0.717) is 0 Å². The van der Waals surface area contributed by atoms with Crippen LogP contribution in [0.3, 0.4) is 0 Å². The normalized spacial score (nSPS) is 12.1. The number of rotatable bonds is 3. The van der Waals surface area contributed by atoms with E-state index < -0.39 is 0 Å². The molecule has 0 nitrogen and oxygen atoms in total. The maximum Gasteiger partial charge on any atom is 0.0534 e. The fourth-order valence-electron chi connectivity index (χ4n) is 8.93. The molecule has 0 unspecified atom stereocenters. The molecule has 0 amide bonds. The highest BCUT2D eigenvalue weighted by Gasteiger charge is 2.18. The van der Waals surface area contributed by atoms with E-state index in [1.54, 1.807) is 0 Å². The van der Waals surface area contributed by atoms with Crippen LogP contribution >= 0.6 is 22.7 Å². The minimum absolute atomic E-state index is 1.23. The van der Waals surface area contributed by atoms with E-state index in [-0.39, 0.29) is 0 Å². The van der Waals surface area contributed by atoms with Crippen molar-refractivity contribution in [2.45, 2.75) is 0 Å². The molecule has 0 N–H and O–H groups in total. The van der Waals surface area contributed by atoms with Gasteiger partial charge in [-0.05, 0) is 101 Å². The lowest BCUT2D eigenvalue weighted by Gasteiger charge is -2.18. The average Bonchev–Trinajstić information content (AvgIpc) is 3.81. The zero-order valence-corrected chi connectivity index (χ0v) is 30.8. The largest absolute Gasteiger partial charge is 0.134 e. The standard InChI is InChI=1S/C52H30S2/c1-2-12-33-28-37(21-20-31(33)10-1)49-41-18-7-5-16-39(41)48(40-17-6-8-19-42(40)49)36-14-9-13-34(29-36)35-23-27-47-46(30-35)45-26-25-44-43-24-22-32-11-3-4-15-38(32)50(43)54-52(44)51(45)53-47/h1-30H. The molecule has 0 bridgehead atoms. The summed E-state index contributed by atoms with van der Waals surface area (Å²) < 4.78 is 5.51. The summed E-state index contributed by atoms with van der Waals surface area (Å²) in [5, 5.41) is 15.7. The van der Waals surface area contributed by atoms with Gasteiger partial charge in [-0.1, -0.05) is 158 Å². The molecule has 10 aromatic carbocycles. The van der Waals surface area contributed by atoms with Gasteiger partial charge in [0.1, 0.15) is 0 Å². The molecule has 250 valence electrons. The van der Waals surface area contributed by atoms with Crippen molar-refractivity contribution in [1.29, 1.82) is 0 Å². The van der Waals surface area contributed by atoms with Crippen LogP contribution in [-0.2, 0) is 0 Å². The van der Waals surface area contributed by atoms with Gasteiger partial charge in [-0.25, -0.2) is 0 Å². The first-order valence-corrected chi connectivity index (χ1v) is 20.1. The van der Waals surface area contributed by atoms with Gasteiger partial charge in [0.15, 0.2) is 0 Å². The Kier molecular flexibility index (Phi) is 6.48. The molecule has 0 atom stereocenters. The summed E-state index contributed by atoms with van der Waals surface area (Å²) in [4.78, 5) is 0. The highest BCUT2D eigenvalue weighted by molar-refractivity contribution is 7.34. The Labute approximate surface area is 319 Å². The Bertz CT molecular complexity index is 3450. The lowest BCUT2D eigenvalue weighted by Crippen LogP contribution is -1.91. The molecule has 0 fully saturated rings. The first kappa shape index (κ1) is 30.2. The fraction of sp³-hybridized carbons (Fsp3) is 0. The molecule has 2 aromatic heterocycles. The first-order valence-electron chi connectivity index (χ1n) is 18.5. The van der Waals surface area contributed by atoms with Gasteiger partial charge in [-0.3, -0.25) is 0 Å². The van der Waals surface area contributed by atoms with Gasteiger partial charge in [0.25, 0.3) is 0 Å². The third kappa shape index (κ3) is 4.42. The summed E-state index contributed by atoms with van der Waals surface area (Å²) >= 11 is 3.88. The average molecular weight is 719 g/mol. The Morgan fingerprint density at radius 2 is 0.741 bits per heavy atom. The van der Waals surface area contributed by atoms with Crippen molar-refractivity contribution in [3.8, 4) is 33.4 Å². The molecule has 0 radical (unpaired) electrons. The van der Waals surface area contributed by atoms with E-state index >= 15 is 0 Å². The van der Waals surface area contributed by atoms with E-state index in [2.05, 4.69) is 182 Å². The number of fused-ring (bicyclic) bond motifs is 12. The molecule has 2 heterocycles. The van der Waals surface area contributed by atoms with Crippen LogP contribution in [0.2, 0.25) is 0 Å². The molecule has 54 heavy (non-hydrogen) atoms. The Hall–Kier alpha value is -6.32. The zero-order chi connectivity index (χ0) is 35.3. The minimum Gasteiger partial charge on any atom is -0.134 e. The Morgan fingerprint density at radius 1 is 0.241 bits per heavy atom. The zero-order valence-electron chi connectivity index (χ0n) is 29.1. The maximum atomic E-state index is 2.42. The highest BCUT2D eigenvalue weighted by atomic mass is 32.1. The molecule has 0 aliphatic heterocycles. The van der Waals surface area contributed by atoms with Crippen LogP contribution in [0.15, 0.2) is 182 Å². The van der Waals surface area contributed by atoms with Gasteiger partial charge in [-0.15, -0.1) is 22.7 Å². The van der Waals surface area contributed by atoms with E-state index in [4.69, 9.17) is 0 Å². The molecular formula is C52H30S2. The topological polar surface area (TPSA) is 0 Å². The van der Waals surface area contributed by atoms with E-state index in [1.807, 2.05) is 22.7 Å². The second-order valence-corrected chi connectivity index (χ2v) is 16.5. The van der Waals surface area contributed by atoms with Crippen molar-refractivity contribution >= 4 is 106 Å². The second-order valence-electron chi connectivity index (χ2n) is 14.4. The molecular weight excluding hydrogens is 689 g/mol. The number of thiophene rings is 2. The van der Waals surface area contributed by atoms with E-state index in [9.17, 15) is 0 Å². The minimum atomic E-state index is 1.23. The third-order valence-electron chi connectivity index (χ3n) is 11.4. The number of hydrogen-bond donors (Lipinski definition) is 0. The number of hydrogen-bond acceptors (Lipinski definition) is 2. The molecule has 0 saturated heterocycles. The molecule has 0 saturated carbocycles. The molecule has 12 rings (SSSR count). The predicted octanol–water partition coefficient (Wildman–Crippen LogP) is 16.0. The monoisotopic (exact) mass is 718 g/mol. The van der Waals surface area contributed by atoms with Gasteiger partial charge in [-0.2, -0.15) is 0 Å². The summed E-state index contributed by atoms with van der Waals surface area (Å²) in [5.74, 6) is 0. The van der Waals surface area contributed by atoms with Crippen LogP contribution in [0.25, 0.3) is 117 Å². The maximum absolute atomic E-state index is 2.42. The quantitative estimate of drug-likeness (QED) is 0.160. The van der Waals surface area contributed by atoms with E-state index in [1.165, 1.54) is 117 Å². The van der Waals surface area contributed by atoms with Gasteiger partial charge in [0, 0.05) is 30.9 Å². The van der Waals surface area contributed by atoms with Crippen LogP contribution < -0.4 is 0 Å². The second kappa shape index (κ2) is 11.6. The molecule has 2 heteroatoms. The van der Waals surface area contributed by atoms with Crippen molar-refractivity contribution in [3.63, 3.8) is 0 Å². The van der Waals surface area contributed by atoms with Crippen molar-refractivity contribution in [2.75, 3.05) is 0 Å². The van der Waals surface area contributed by atoms with Crippen molar-refractivity contribution in [1.82, 2.24) is 0 Å². The highest BCUT2D eigenvalue weighted by Crippen LogP contribution is 2.48. The Balaban J connectivity index is 1.03. The lowest BCUT2D eigenvalue weighted by atomic mass is 9.85. The smallest absolute Gasteiger partial charge is 0.0534 e. The summed E-state index contributed by atoms with van der Waals surface area (Å²) in [6.07, 6.45) is 0. The van der Waals surface area contributed by atoms with Crippen LogP contribution in [-0.4, -0.2) is 0 Å². The van der Waals surface area contributed by atoms with Crippen molar-refractivity contribution in [2.24, 2.45) is 0 Å². The summed E-state index contributed by atoms with van der Waals surface area (Å²) in [5.41, 5.74) is 7.54. The van der Waals surface area contributed by atoms with E-state index in [0.717, 1.165) is 0 Å². The Morgan fingerprint density at radius 3 is 1.48 bits per heavy atom. The van der Waals surface area contributed by atoms with Crippen molar-refractivity contribution < 1.29 is 0 Å². The van der Waals surface area contributed by atoms with Crippen LogP contribution in [0.5, 0.6) is 0 Å². The van der Waals surface area contributed by atoms with Gasteiger partial charge >= 0.3 is 0 Å². The van der Waals surface area contributed by atoms with Crippen LogP contribution in [0, 0.1) is 0 Å². The predicted molar refractivity (Wildman–Crippen MR) is 239 cm³/mol. The summed E-state index contributed by atoms with van der Waals surface area (Å²) in [6.45, 7) is 0. The molecule has 0 spiro atoms. The van der Waals surface area contributed by atoms with Crippen LogP contribution in [0.4, 0.5) is 0 Å². The van der Waals surface area contributed by atoms with Gasteiger partial charge in [0.2, 0.25) is 0 Å². The van der Waals surface area contributed by atoms with Gasteiger partial charge < -0.3 is 0 Å². The third-order valence-corrected chi connectivity index (χ3v) is 14.0. The van der Waals surface area contributed by atoms with Gasteiger partial charge in [0.05, 0.1) is 9.40 Å².